The summed E-state index contributed by atoms with van der Waals surface area (Å²) in [6.45, 7) is 5.44. The highest BCUT2D eigenvalue weighted by Crippen LogP contribution is 2.31. The Morgan fingerprint density at radius 2 is 1.73 bits per heavy atom. The fourth-order valence-corrected chi connectivity index (χ4v) is 5.48. The molecule has 12 nitrogen and oxygen atoms in total. The highest BCUT2D eigenvalue weighted by Gasteiger charge is 2.44. The Morgan fingerprint density at radius 1 is 1.02 bits per heavy atom. The maximum atomic E-state index is 14.1. The van der Waals surface area contributed by atoms with E-state index in [1.54, 1.807) is 43.0 Å². The van der Waals surface area contributed by atoms with Gasteiger partial charge in [-0.3, -0.25) is 19.2 Å². The van der Waals surface area contributed by atoms with Crippen LogP contribution >= 0.6 is 23.2 Å². The van der Waals surface area contributed by atoms with Gasteiger partial charge in [0.2, 0.25) is 23.6 Å². The molecule has 0 radical (unpaired) electrons. The fourth-order valence-electron chi connectivity index (χ4n) is 5.18. The monoisotopic (exact) mass is 656 g/mol. The van der Waals surface area contributed by atoms with Crippen LogP contribution in [0.1, 0.15) is 38.8 Å². The van der Waals surface area contributed by atoms with Crippen LogP contribution in [-0.2, 0) is 25.6 Å². The Hall–Kier alpha value is -4.00. The van der Waals surface area contributed by atoms with Crippen LogP contribution in [0.4, 0.5) is 0 Å². The van der Waals surface area contributed by atoms with E-state index in [1.165, 1.54) is 4.90 Å². The summed E-state index contributed by atoms with van der Waals surface area (Å²) in [4.78, 5) is 54.5. The zero-order chi connectivity index (χ0) is 32.8. The number of nitrogens with two attached hydrogens (primary N) is 1. The van der Waals surface area contributed by atoms with Crippen LogP contribution < -0.4 is 21.7 Å². The molecule has 2 aromatic carbocycles. The second-order valence-corrected chi connectivity index (χ2v) is 12.3. The minimum Gasteiger partial charge on any atom is -0.368 e. The van der Waals surface area contributed by atoms with Crippen LogP contribution in [-0.4, -0.2) is 81.3 Å². The molecule has 240 valence electrons. The number of primary amides is 1. The first kappa shape index (κ1) is 33.9. The fraction of sp³-hybridized carbons (Fsp3) is 0.419. The number of hydrogen-bond acceptors (Lipinski definition) is 7. The van der Waals surface area contributed by atoms with E-state index < -0.39 is 47.9 Å². The van der Waals surface area contributed by atoms with Gasteiger partial charge in [-0.1, -0.05) is 78.7 Å². The summed E-state index contributed by atoms with van der Waals surface area (Å²) in [6.07, 6.45) is 2.09. The van der Waals surface area contributed by atoms with Gasteiger partial charge in [-0.05, 0) is 37.6 Å². The third kappa shape index (κ3) is 8.19. The van der Waals surface area contributed by atoms with Gasteiger partial charge in [0.1, 0.15) is 23.8 Å². The van der Waals surface area contributed by atoms with E-state index in [2.05, 4.69) is 26.3 Å². The van der Waals surface area contributed by atoms with Gasteiger partial charge >= 0.3 is 0 Å². The molecule has 4 amide bonds. The van der Waals surface area contributed by atoms with Crippen molar-refractivity contribution in [2.75, 3.05) is 13.6 Å². The summed E-state index contributed by atoms with van der Waals surface area (Å²) in [7, 11) is 1.65. The summed E-state index contributed by atoms with van der Waals surface area (Å²) in [5, 5.41) is 17.8. The van der Waals surface area contributed by atoms with E-state index in [0.717, 1.165) is 5.56 Å². The third-order valence-electron chi connectivity index (χ3n) is 7.96. The lowest BCUT2D eigenvalue weighted by Crippen LogP contribution is -2.58. The molecule has 0 bridgehead atoms. The highest BCUT2D eigenvalue weighted by molar-refractivity contribution is 6.42. The molecule has 1 aromatic heterocycles. The molecule has 45 heavy (non-hydrogen) atoms. The topological polar surface area (TPSA) is 164 Å². The summed E-state index contributed by atoms with van der Waals surface area (Å²) >= 11 is 12.3. The van der Waals surface area contributed by atoms with Crippen molar-refractivity contribution < 1.29 is 19.2 Å². The number of likely N-dealkylation sites (tertiary alicyclic amines) is 1. The van der Waals surface area contributed by atoms with Crippen molar-refractivity contribution in [2.45, 2.75) is 63.8 Å². The Morgan fingerprint density at radius 3 is 2.36 bits per heavy atom. The number of amides is 4. The molecule has 3 aromatic rings. The Kier molecular flexibility index (Phi) is 11.2. The number of rotatable bonds is 12. The molecule has 1 aliphatic heterocycles. The first-order valence-electron chi connectivity index (χ1n) is 14.7. The van der Waals surface area contributed by atoms with Gasteiger partial charge in [0.25, 0.3) is 0 Å². The summed E-state index contributed by atoms with van der Waals surface area (Å²) in [6, 6.07) is 10.4. The van der Waals surface area contributed by atoms with Gasteiger partial charge in [0, 0.05) is 24.9 Å². The smallest absolute Gasteiger partial charge is 0.246 e. The van der Waals surface area contributed by atoms with Crippen molar-refractivity contribution in [2.24, 2.45) is 11.7 Å². The molecule has 1 aliphatic rings. The van der Waals surface area contributed by atoms with Gasteiger partial charge in [0.05, 0.1) is 28.3 Å². The summed E-state index contributed by atoms with van der Waals surface area (Å²) in [5.74, 6) is -2.28. The number of halogens is 2. The molecule has 1 fully saturated rings. The van der Waals surface area contributed by atoms with Crippen molar-refractivity contribution in [3.63, 3.8) is 0 Å². The van der Waals surface area contributed by atoms with E-state index in [9.17, 15) is 19.2 Å². The number of nitrogens with one attached hydrogen (secondary N) is 3. The van der Waals surface area contributed by atoms with Crippen LogP contribution in [0.25, 0.3) is 11.3 Å². The van der Waals surface area contributed by atoms with E-state index in [0.29, 0.717) is 21.3 Å². The van der Waals surface area contributed by atoms with Crippen molar-refractivity contribution >= 4 is 46.8 Å². The minimum absolute atomic E-state index is 0.113. The predicted molar refractivity (Wildman–Crippen MR) is 171 cm³/mol. The van der Waals surface area contributed by atoms with Crippen molar-refractivity contribution in [1.29, 1.82) is 0 Å². The standard InChI is InChI=1S/C31H38Cl2N8O4/c1-17(2)27(37-29(43)18(3)35-4)31(45)40-15-21(41-16-25(38-39-41)20-10-11-22(32)23(33)13-20)14-26(40)30(44)36-24(28(34)42)12-19-8-6-5-7-9-19/h5-11,13,16-18,21,24,26-27,35H,12,14-15H2,1-4H3,(H2,34,42)(H,36,44)(H,37,43)/t18-,21+,24-,26-,27-/m0/s1. The number of hydrogen-bond donors (Lipinski definition) is 4. The van der Waals surface area contributed by atoms with Crippen LogP contribution in [0.2, 0.25) is 10.0 Å². The van der Waals surface area contributed by atoms with Crippen LogP contribution in [0, 0.1) is 5.92 Å². The van der Waals surface area contributed by atoms with Crippen molar-refractivity contribution in [3.05, 3.63) is 70.3 Å². The van der Waals surface area contributed by atoms with E-state index in [4.69, 9.17) is 28.9 Å². The molecule has 0 aliphatic carbocycles. The SMILES string of the molecule is CN[C@@H](C)C(=O)N[C@H](C(=O)N1C[C@H](n2cc(-c3ccc(Cl)c(Cl)c3)nn2)C[C@H]1C(=O)N[C@@H](Cc1ccccc1)C(N)=O)C(C)C. The Bertz CT molecular complexity index is 1530. The Balaban J connectivity index is 1.62. The van der Waals surface area contributed by atoms with Gasteiger partial charge in [-0.15, -0.1) is 5.10 Å². The molecule has 0 spiro atoms. The van der Waals surface area contributed by atoms with E-state index >= 15 is 0 Å². The second-order valence-electron chi connectivity index (χ2n) is 11.5. The molecular weight excluding hydrogens is 619 g/mol. The first-order chi connectivity index (χ1) is 21.4. The Labute approximate surface area is 272 Å². The summed E-state index contributed by atoms with van der Waals surface area (Å²) < 4.78 is 1.60. The van der Waals surface area contributed by atoms with Crippen molar-refractivity contribution in [3.8, 4) is 11.3 Å². The lowest BCUT2D eigenvalue weighted by molar-refractivity contribution is -0.143. The molecule has 1 saturated heterocycles. The van der Waals surface area contributed by atoms with Gasteiger partial charge < -0.3 is 26.6 Å². The lowest BCUT2D eigenvalue weighted by Gasteiger charge is -2.31. The molecule has 5 N–H and O–H groups in total. The zero-order valence-electron chi connectivity index (χ0n) is 25.5. The zero-order valence-corrected chi connectivity index (χ0v) is 27.0. The molecule has 5 atom stereocenters. The molecule has 14 heteroatoms. The molecular formula is C31H38Cl2N8O4. The largest absolute Gasteiger partial charge is 0.368 e. The highest BCUT2D eigenvalue weighted by atomic mass is 35.5. The normalized spacial score (nSPS) is 18.3. The average Bonchev–Trinajstić information content (AvgIpc) is 3.69. The van der Waals surface area contributed by atoms with E-state index in [-0.39, 0.29) is 31.2 Å². The number of aromatic nitrogens is 3. The predicted octanol–water partition coefficient (Wildman–Crippen LogP) is 2.36. The maximum absolute atomic E-state index is 14.1. The van der Waals surface area contributed by atoms with Crippen LogP contribution in [0.15, 0.2) is 54.7 Å². The number of benzene rings is 2. The van der Waals surface area contributed by atoms with Crippen molar-refractivity contribution in [1.82, 2.24) is 35.8 Å². The summed E-state index contributed by atoms with van der Waals surface area (Å²) in [5.41, 5.74) is 7.72. The second kappa shape index (κ2) is 14.9. The first-order valence-corrected chi connectivity index (χ1v) is 15.4. The minimum atomic E-state index is -0.999. The number of likely N-dealkylation sites (N-methyl/N-ethyl adjacent to an activating group) is 1. The third-order valence-corrected chi connectivity index (χ3v) is 8.70. The van der Waals surface area contributed by atoms with Gasteiger partial charge in [-0.2, -0.15) is 0 Å². The van der Waals surface area contributed by atoms with Crippen LogP contribution in [0.3, 0.4) is 0 Å². The lowest BCUT2D eigenvalue weighted by atomic mass is 10.0. The molecule has 4 rings (SSSR count). The number of nitrogens with zero attached hydrogens (tertiary/aromatic N) is 4. The van der Waals surface area contributed by atoms with Crippen LogP contribution in [0.5, 0.6) is 0 Å². The van der Waals surface area contributed by atoms with Gasteiger partial charge in [0.15, 0.2) is 0 Å². The quantitative estimate of drug-likeness (QED) is 0.232. The maximum Gasteiger partial charge on any atom is 0.246 e. The molecule has 2 heterocycles. The molecule has 0 saturated carbocycles. The number of carbonyl (C=O) groups is 4. The average molecular weight is 658 g/mol. The van der Waals surface area contributed by atoms with Gasteiger partial charge in [-0.25, -0.2) is 4.68 Å². The number of carbonyl (C=O) groups excluding carboxylic acids is 4. The van der Waals surface area contributed by atoms with E-state index in [1.807, 2.05) is 44.2 Å². The molecule has 0 unspecified atom stereocenters.